The second-order valence-electron chi connectivity index (χ2n) is 7.71. The third-order valence-corrected chi connectivity index (χ3v) is 5.17. The van der Waals surface area contributed by atoms with E-state index >= 15 is 0 Å². The Morgan fingerprint density at radius 1 is 0.694 bits per heavy atom. The van der Waals surface area contributed by atoms with E-state index in [9.17, 15) is 10.2 Å². The Morgan fingerprint density at radius 2 is 1.22 bits per heavy atom. The lowest BCUT2D eigenvalue weighted by atomic mass is 9.71. The van der Waals surface area contributed by atoms with E-state index in [1.54, 1.807) is 60.7 Å². The van der Waals surface area contributed by atoms with Crippen molar-refractivity contribution in [1.82, 2.24) is 0 Å². The number of nitriles is 2. The van der Waals surface area contributed by atoms with E-state index in [0.717, 1.165) is 10.9 Å². The first-order valence-electron chi connectivity index (χ1n) is 10.9. The maximum atomic E-state index is 10.2. The zero-order valence-electron chi connectivity index (χ0n) is 19.1. The number of ether oxygens (including phenoxy) is 1. The van der Waals surface area contributed by atoms with Crippen LogP contribution in [-0.4, -0.2) is 31.5 Å². The van der Waals surface area contributed by atoms with Crippen LogP contribution in [0.3, 0.4) is 0 Å². The van der Waals surface area contributed by atoms with Gasteiger partial charge in [0, 0.05) is 23.5 Å². The summed E-state index contributed by atoms with van der Waals surface area (Å²) in [4.78, 5) is 0. The number of nitrogens with zero attached hydrogens (tertiary/aromatic N) is 2. The first-order chi connectivity index (χ1) is 17.5. The molecule has 0 saturated heterocycles. The van der Waals surface area contributed by atoms with Crippen molar-refractivity contribution in [3.05, 3.63) is 96.1 Å². The summed E-state index contributed by atoms with van der Waals surface area (Å²) in [6, 6.07) is 27.8. The number of hydrogen-bond donors (Lipinski definition) is 3. The van der Waals surface area contributed by atoms with Gasteiger partial charge in [-0.05, 0) is 54.0 Å². The first kappa shape index (κ1) is 24.1. The molecule has 36 heavy (non-hydrogen) atoms. The van der Waals surface area contributed by atoms with Crippen molar-refractivity contribution in [2.75, 3.05) is 11.8 Å². The van der Waals surface area contributed by atoms with Crippen molar-refractivity contribution in [3.8, 4) is 35.1 Å². The topological polar surface area (TPSA) is 119 Å². The van der Waals surface area contributed by atoms with Crippen LogP contribution in [0.5, 0.6) is 23.0 Å². The van der Waals surface area contributed by atoms with E-state index in [-0.39, 0.29) is 23.8 Å². The highest BCUT2D eigenvalue weighted by atomic mass is 16.5. The SMILES string of the molecule is N#Cc1ccc([B]COc2cc(Nc3ccc(O)c(O[B]c4ccc(C#N)cc4)c3)ccc2O)cc1. The minimum Gasteiger partial charge on any atom is -0.555 e. The number of hydrogen-bond acceptors (Lipinski definition) is 7. The maximum Gasteiger partial charge on any atom is 0.408 e. The smallest absolute Gasteiger partial charge is 0.408 e. The van der Waals surface area contributed by atoms with Crippen molar-refractivity contribution in [1.29, 1.82) is 10.5 Å². The second kappa shape index (κ2) is 11.4. The molecule has 3 N–H and O–H groups in total. The van der Waals surface area contributed by atoms with Gasteiger partial charge in [0.15, 0.2) is 17.2 Å². The summed E-state index contributed by atoms with van der Waals surface area (Å²) in [6.07, 6.45) is 0. The highest BCUT2D eigenvalue weighted by Crippen LogP contribution is 2.33. The Hall–Kier alpha value is -5.01. The van der Waals surface area contributed by atoms with Gasteiger partial charge in [0.1, 0.15) is 5.75 Å². The Morgan fingerprint density at radius 3 is 1.81 bits per heavy atom. The van der Waals surface area contributed by atoms with Crippen molar-refractivity contribution in [2.45, 2.75) is 0 Å². The molecule has 0 spiro atoms. The fourth-order valence-electron chi connectivity index (χ4n) is 3.25. The summed E-state index contributed by atoms with van der Waals surface area (Å²) >= 11 is 0. The van der Waals surface area contributed by atoms with Crippen LogP contribution >= 0.6 is 0 Å². The fraction of sp³-hybridized carbons (Fsp3) is 0.0370. The van der Waals surface area contributed by atoms with Crippen LogP contribution in [0.25, 0.3) is 0 Å². The monoisotopic (exact) mass is 471 g/mol. The van der Waals surface area contributed by atoms with Gasteiger partial charge >= 0.3 is 7.48 Å². The summed E-state index contributed by atoms with van der Waals surface area (Å²) in [5.74, 6) is 0.518. The number of phenolic OH excluding ortho intramolecular Hbond substituents is 2. The normalized spacial score (nSPS) is 9.94. The largest absolute Gasteiger partial charge is 0.555 e. The van der Waals surface area contributed by atoms with Gasteiger partial charge in [-0.3, -0.25) is 0 Å². The van der Waals surface area contributed by atoms with Crippen molar-refractivity contribution >= 4 is 37.1 Å². The quantitative estimate of drug-likeness (QED) is 0.253. The number of rotatable bonds is 9. The lowest BCUT2D eigenvalue weighted by Crippen LogP contribution is -2.21. The zero-order valence-corrected chi connectivity index (χ0v) is 19.1. The predicted octanol–water partition coefficient (Wildman–Crippen LogP) is 3.27. The van der Waals surface area contributed by atoms with Crippen LogP contribution in [0, 0.1) is 22.7 Å². The van der Waals surface area contributed by atoms with Crippen LogP contribution < -0.4 is 25.6 Å². The molecule has 172 valence electrons. The molecule has 0 bridgehead atoms. The lowest BCUT2D eigenvalue weighted by Gasteiger charge is -2.13. The highest BCUT2D eigenvalue weighted by molar-refractivity contribution is 6.53. The van der Waals surface area contributed by atoms with Gasteiger partial charge < -0.3 is 24.9 Å². The van der Waals surface area contributed by atoms with Gasteiger partial charge in [-0.2, -0.15) is 10.5 Å². The maximum absolute atomic E-state index is 10.2. The van der Waals surface area contributed by atoms with Gasteiger partial charge in [-0.25, -0.2) is 0 Å². The lowest BCUT2D eigenvalue weighted by molar-refractivity contribution is 0.353. The van der Waals surface area contributed by atoms with Gasteiger partial charge in [0.2, 0.25) is 7.28 Å². The van der Waals surface area contributed by atoms with Crippen LogP contribution in [0.4, 0.5) is 11.4 Å². The molecular formula is C27H19B2N3O4. The van der Waals surface area contributed by atoms with E-state index in [1.807, 2.05) is 19.4 Å². The van der Waals surface area contributed by atoms with E-state index in [4.69, 9.17) is 19.9 Å². The number of benzene rings is 4. The molecule has 0 aliphatic rings. The first-order valence-corrected chi connectivity index (χ1v) is 10.9. The number of aromatic hydroxyl groups is 2. The van der Waals surface area contributed by atoms with Crippen molar-refractivity contribution < 1.29 is 19.6 Å². The third kappa shape index (κ3) is 6.31. The molecule has 7 nitrogen and oxygen atoms in total. The summed E-state index contributed by atoms with van der Waals surface area (Å²) in [7, 11) is 3.32. The van der Waals surface area contributed by atoms with Gasteiger partial charge in [-0.1, -0.05) is 29.7 Å². The highest BCUT2D eigenvalue weighted by Gasteiger charge is 2.09. The molecule has 0 aliphatic heterocycles. The summed E-state index contributed by atoms with van der Waals surface area (Å²) < 4.78 is 11.4. The standard InChI is InChI=1S/C27H19B2N3O4/c30-15-18-1-5-20(6-2-18)28-17-35-26-13-22(9-11-24(26)33)32-23-10-12-25(34)27(14-23)36-29-21-7-3-19(16-31)4-8-21/h1-14,32-34H,17H2. The molecule has 4 aromatic carbocycles. The van der Waals surface area contributed by atoms with Crippen molar-refractivity contribution in [3.63, 3.8) is 0 Å². The van der Waals surface area contributed by atoms with Crippen LogP contribution in [0.1, 0.15) is 11.1 Å². The van der Waals surface area contributed by atoms with Crippen LogP contribution in [0.15, 0.2) is 84.9 Å². The summed E-state index contributed by atoms with van der Waals surface area (Å²) in [6.45, 7) is 0.227. The Balaban J connectivity index is 1.38. The number of phenols is 2. The molecule has 0 aliphatic carbocycles. The van der Waals surface area contributed by atoms with Crippen LogP contribution in [-0.2, 0) is 0 Å². The summed E-state index contributed by atoms with van der Waals surface area (Å²) in [5, 5.41) is 41.3. The van der Waals surface area contributed by atoms with Gasteiger partial charge in [-0.15, -0.1) is 0 Å². The summed E-state index contributed by atoms with van der Waals surface area (Å²) in [5.41, 5.74) is 4.08. The molecule has 0 saturated carbocycles. The Bertz CT molecular complexity index is 1430. The van der Waals surface area contributed by atoms with E-state index in [1.165, 1.54) is 19.6 Å². The molecule has 0 aromatic heterocycles. The van der Waals surface area contributed by atoms with E-state index < -0.39 is 0 Å². The molecule has 0 heterocycles. The third-order valence-electron chi connectivity index (χ3n) is 5.17. The average Bonchev–Trinajstić information content (AvgIpc) is 2.91. The zero-order chi connectivity index (χ0) is 25.3. The molecule has 4 aromatic rings. The molecule has 9 heteroatoms. The van der Waals surface area contributed by atoms with E-state index in [2.05, 4.69) is 17.5 Å². The molecular weight excluding hydrogens is 452 g/mol. The second-order valence-corrected chi connectivity index (χ2v) is 7.71. The number of anilines is 2. The number of nitrogens with one attached hydrogen (secondary N) is 1. The van der Waals surface area contributed by atoms with Gasteiger partial charge in [0.25, 0.3) is 0 Å². The minimum atomic E-state index is -0.0292. The Kier molecular flexibility index (Phi) is 7.65. The molecule has 2 radical (unpaired) electrons. The molecule has 0 fully saturated rings. The molecule has 0 unspecified atom stereocenters. The molecule has 0 amide bonds. The fourth-order valence-corrected chi connectivity index (χ4v) is 3.25. The molecule has 0 atom stereocenters. The molecule has 4 rings (SSSR count). The van der Waals surface area contributed by atoms with Crippen molar-refractivity contribution in [2.24, 2.45) is 0 Å². The Labute approximate surface area is 210 Å². The van der Waals surface area contributed by atoms with Crippen LogP contribution in [0.2, 0.25) is 0 Å². The van der Waals surface area contributed by atoms with E-state index in [0.29, 0.717) is 28.3 Å². The minimum absolute atomic E-state index is 0.000485. The predicted molar refractivity (Wildman–Crippen MR) is 139 cm³/mol. The van der Waals surface area contributed by atoms with Gasteiger partial charge in [0.05, 0.1) is 29.8 Å². The average molecular weight is 471 g/mol.